The number of nitrogens with one attached hydrogen (secondary N) is 1. The first kappa shape index (κ1) is 11.4. The summed E-state index contributed by atoms with van der Waals surface area (Å²) in [5.74, 6) is -0.780. The van der Waals surface area contributed by atoms with E-state index in [1.165, 1.54) is 18.4 Å². The molecule has 4 heteroatoms. The van der Waals surface area contributed by atoms with Crippen LogP contribution in [0.2, 0.25) is 0 Å². The lowest BCUT2D eigenvalue weighted by Crippen LogP contribution is -2.40. The molecule has 1 unspecified atom stereocenters. The zero-order valence-electron chi connectivity index (χ0n) is 8.77. The van der Waals surface area contributed by atoms with Crippen molar-refractivity contribution in [2.75, 3.05) is 6.54 Å². The van der Waals surface area contributed by atoms with Crippen molar-refractivity contribution in [2.24, 2.45) is 0 Å². The molecule has 0 saturated heterocycles. The second-order valence-electron chi connectivity index (χ2n) is 4.52. The van der Waals surface area contributed by atoms with Gasteiger partial charge in [-0.25, -0.2) is 0 Å². The second kappa shape index (κ2) is 3.75. The number of fused-ring (bicyclic) bond motifs is 2. The van der Waals surface area contributed by atoms with Crippen LogP contribution in [0.15, 0.2) is 24.3 Å². The van der Waals surface area contributed by atoms with Crippen LogP contribution >= 0.6 is 12.4 Å². The fourth-order valence-electron chi connectivity index (χ4n) is 2.55. The standard InChI is InChI=1S/C12H13NO2.ClH/c14-11(15)10-8-3-1-2-4-9(8)12(5-6-12)7-13-10;/h1-4,10,13H,5-7H2,(H,14,15);1H. The molecule has 1 spiro atoms. The number of hydrogen-bond donors (Lipinski definition) is 2. The van der Waals surface area contributed by atoms with Crippen molar-refractivity contribution >= 4 is 18.4 Å². The molecule has 0 radical (unpaired) electrons. The number of carbonyl (C=O) groups is 1. The molecule has 0 amide bonds. The minimum atomic E-state index is -0.780. The zero-order valence-corrected chi connectivity index (χ0v) is 9.59. The van der Waals surface area contributed by atoms with Crippen LogP contribution in [0, 0.1) is 0 Å². The number of carboxylic acid groups (broad SMARTS) is 1. The van der Waals surface area contributed by atoms with Crippen molar-refractivity contribution in [3.05, 3.63) is 35.4 Å². The molecule has 0 aromatic heterocycles. The van der Waals surface area contributed by atoms with Gasteiger partial charge in [0.05, 0.1) is 0 Å². The fraction of sp³-hybridized carbons (Fsp3) is 0.417. The molecule has 0 bridgehead atoms. The summed E-state index contributed by atoms with van der Waals surface area (Å²) in [5, 5.41) is 12.2. The van der Waals surface area contributed by atoms with E-state index in [0.717, 1.165) is 12.1 Å². The van der Waals surface area contributed by atoms with Gasteiger partial charge in [0.2, 0.25) is 0 Å². The molecule has 86 valence electrons. The van der Waals surface area contributed by atoms with Gasteiger partial charge in [-0.15, -0.1) is 12.4 Å². The largest absolute Gasteiger partial charge is 0.480 e. The maximum Gasteiger partial charge on any atom is 0.325 e. The Kier molecular flexibility index (Phi) is 2.68. The Morgan fingerprint density at radius 1 is 1.38 bits per heavy atom. The van der Waals surface area contributed by atoms with Crippen molar-refractivity contribution < 1.29 is 9.90 Å². The van der Waals surface area contributed by atoms with Crippen LogP contribution in [0.5, 0.6) is 0 Å². The number of aliphatic carboxylic acids is 1. The molecule has 1 aromatic carbocycles. The topological polar surface area (TPSA) is 49.3 Å². The zero-order chi connectivity index (χ0) is 10.5. The Morgan fingerprint density at radius 2 is 2.06 bits per heavy atom. The van der Waals surface area contributed by atoms with E-state index in [2.05, 4.69) is 11.4 Å². The van der Waals surface area contributed by atoms with E-state index in [1.54, 1.807) is 0 Å². The maximum atomic E-state index is 11.1. The lowest BCUT2D eigenvalue weighted by Gasteiger charge is -2.30. The quantitative estimate of drug-likeness (QED) is 0.787. The van der Waals surface area contributed by atoms with Crippen molar-refractivity contribution in [2.45, 2.75) is 24.3 Å². The molecule has 1 aliphatic carbocycles. The monoisotopic (exact) mass is 239 g/mol. The molecule has 1 aromatic rings. The fourth-order valence-corrected chi connectivity index (χ4v) is 2.55. The first-order valence-electron chi connectivity index (χ1n) is 5.29. The number of carboxylic acids is 1. The minimum absolute atomic E-state index is 0. The molecule has 1 atom stereocenters. The first-order chi connectivity index (χ1) is 7.23. The van der Waals surface area contributed by atoms with E-state index in [4.69, 9.17) is 5.11 Å². The van der Waals surface area contributed by atoms with E-state index in [0.29, 0.717) is 0 Å². The molecule has 1 saturated carbocycles. The molecule has 2 N–H and O–H groups in total. The molecule has 1 heterocycles. The van der Waals surface area contributed by atoms with E-state index in [1.807, 2.05) is 18.2 Å². The summed E-state index contributed by atoms with van der Waals surface area (Å²) in [7, 11) is 0. The van der Waals surface area contributed by atoms with Gasteiger partial charge in [0.25, 0.3) is 0 Å². The van der Waals surface area contributed by atoms with Gasteiger partial charge < -0.3 is 5.11 Å². The summed E-state index contributed by atoms with van der Waals surface area (Å²) in [6.07, 6.45) is 2.37. The average Bonchev–Trinajstić information content (AvgIpc) is 2.99. The highest BCUT2D eigenvalue weighted by Crippen LogP contribution is 2.51. The van der Waals surface area contributed by atoms with Crippen LogP contribution in [-0.2, 0) is 10.2 Å². The van der Waals surface area contributed by atoms with Gasteiger partial charge in [0.15, 0.2) is 0 Å². The van der Waals surface area contributed by atoms with Gasteiger partial charge in [-0.05, 0) is 24.0 Å². The predicted octanol–water partition coefficient (Wildman–Crippen LogP) is 1.87. The summed E-state index contributed by atoms with van der Waals surface area (Å²) in [4.78, 5) is 11.1. The van der Waals surface area contributed by atoms with Crippen LogP contribution in [0.1, 0.15) is 30.0 Å². The number of rotatable bonds is 1. The Balaban J connectivity index is 0.000000963. The number of halogens is 1. The maximum absolute atomic E-state index is 11.1. The van der Waals surface area contributed by atoms with Gasteiger partial charge in [-0.3, -0.25) is 10.1 Å². The molecule has 2 aliphatic rings. The first-order valence-corrected chi connectivity index (χ1v) is 5.29. The molecule has 16 heavy (non-hydrogen) atoms. The van der Waals surface area contributed by atoms with E-state index < -0.39 is 12.0 Å². The van der Waals surface area contributed by atoms with Crippen LogP contribution in [0.25, 0.3) is 0 Å². The highest BCUT2D eigenvalue weighted by Gasteiger charge is 2.49. The third-order valence-corrected chi connectivity index (χ3v) is 3.59. The summed E-state index contributed by atoms with van der Waals surface area (Å²) < 4.78 is 0. The van der Waals surface area contributed by atoms with Crippen molar-refractivity contribution in [1.82, 2.24) is 5.32 Å². The van der Waals surface area contributed by atoms with E-state index in [-0.39, 0.29) is 17.8 Å². The normalized spacial score (nSPS) is 24.4. The van der Waals surface area contributed by atoms with E-state index >= 15 is 0 Å². The summed E-state index contributed by atoms with van der Waals surface area (Å²) >= 11 is 0. The predicted molar refractivity (Wildman–Crippen MR) is 63.0 cm³/mol. The molecule has 3 rings (SSSR count). The van der Waals surface area contributed by atoms with Gasteiger partial charge >= 0.3 is 5.97 Å². The van der Waals surface area contributed by atoms with Crippen molar-refractivity contribution in [1.29, 1.82) is 0 Å². The van der Waals surface area contributed by atoms with Gasteiger partial charge in [0.1, 0.15) is 6.04 Å². The summed E-state index contributed by atoms with van der Waals surface area (Å²) in [6.45, 7) is 0.807. The molecule has 1 aliphatic heterocycles. The lowest BCUT2D eigenvalue weighted by atomic mass is 9.84. The van der Waals surface area contributed by atoms with Crippen LogP contribution in [-0.4, -0.2) is 17.6 Å². The molecule has 3 nitrogen and oxygen atoms in total. The third kappa shape index (κ3) is 1.51. The molecular weight excluding hydrogens is 226 g/mol. The summed E-state index contributed by atoms with van der Waals surface area (Å²) in [6, 6.07) is 7.41. The highest BCUT2D eigenvalue weighted by molar-refractivity contribution is 5.85. The van der Waals surface area contributed by atoms with Gasteiger partial charge in [-0.1, -0.05) is 24.3 Å². The molecular formula is C12H14ClNO2. The van der Waals surface area contributed by atoms with Crippen molar-refractivity contribution in [3.8, 4) is 0 Å². The van der Waals surface area contributed by atoms with Gasteiger partial charge in [-0.2, -0.15) is 0 Å². The van der Waals surface area contributed by atoms with Crippen LogP contribution in [0.4, 0.5) is 0 Å². The number of hydrogen-bond acceptors (Lipinski definition) is 2. The smallest absolute Gasteiger partial charge is 0.325 e. The minimum Gasteiger partial charge on any atom is -0.480 e. The Hall–Kier alpha value is -1.06. The Morgan fingerprint density at radius 3 is 2.69 bits per heavy atom. The van der Waals surface area contributed by atoms with Gasteiger partial charge in [0, 0.05) is 12.0 Å². The van der Waals surface area contributed by atoms with Crippen LogP contribution in [0.3, 0.4) is 0 Å². The molecule has 1 fully saturated rings. The Labute approximate surface area is 100 Å². The Bertz CT molecular complexity index is 429. The average molecular weight is 240 g/mol. The number of benzene rings is 1. The highest BCUT2D eigenvalue weighted by atomic mass is 35.5. The van der Waals surface area contributed by atoms with Crippen LogP contribution < -0.4 is 5.32 Å². The van der Waals surface area contributed by atoms with Crippen molar-refractivity contribution in [3.63, 3.8) is 0 Å². The van der Waals surface area contributed by atoms with E-state index in [9.17, 15) is 4.79 Å². The lowest BCUT2D eigenvalue weighted by molar-refractivity contribution is -0.139. The SMILES string of the molecule is Cl.O=C(O)C1NCC2(CC2)c2ccccc21. The third-order valence-electron chi connectivity index (χ3n) is 3.59. The summed E-state index contributed by atoms with van der Waals surface area (Å²) in [5.41, 5.74) is 2.45. The second-order valence-corrected chi connectivity index (χ2v) is 4.52.